The van der Waals surface area contributed by atoms with Gasteiger partial charge in [0.1, 0.15) is 11.2 Å². The number of furan rings is 1. The van der Waals surface area contributed by atoms with Gasteiger partial charge in [0.15, 0.2) is 11.6 Å². The molecule has 0 saturated heterocycles. The van der Waals surface area contributed by atoms with Gasteiger partial charge in [0, 0.05) is 43.7 Å². The minimum atomic E-state index is 0.569. The maximum Gasteiger partial charge on any atom is 0.238 e. The van der Waals surface area contributed by atoms with Crippen LogP contribution in [-0.4, -0.2) is 24.1 Å². The van der Waals surface area contributed by atoms with E-state index in [1.165, 1.54) is 10.8 Å². The largest absolute Gasteiger partial charge is 0.456 e. The molecule has 0 unspecified atom stereocenters. The van der Waals surface area contributed by atoms with Crippen LogP contribution in [-0.2, 0) is 0 Å². The number of nitrogens with zero attached hydrogens (tertiary/aromatic N) is 5. The first-order valence-electron chi connectivity index (χ1n) is 17.0. The summed E-state index contributed by atoms with van der Waals surface area (Å²) < 4.78 is 11.0. The van der Waals surface area contributed by atoms with Crippen molar-refractivity contribution in [1.82, 2.24) is 24.1 Å². The molecule has 51 heavy (non-hydrogen) atoms. The highest BCUT2D eigenvalue weighted by atomic mass is 16.3. The van der Waals surface area contributed by atoms with Gasteiger partial charge in [-0.25, -0.2) is 4.98 Å². The summed E-state index contributed by atoms with van der Waals surface area (Å²) in [5, 5.41) is 6.75. The van der Waals surface area contributed by atoms with Crippen LogP contribution in [0.25, 0.3) is 100.0 Å². The molecule has 0 bridgehead atoms. The molecule has 6 nitrogen and oxygen atoms in total. The zero-order valence-electron chi connectivity index (χ0n) is 27.2. The molecule has 0 atom stereocenters. The van der Waals surface area contributed by atoms with Gasteiger partial charge in [0.05, 0.1) is 27.5 Å². The predicted molar refractivity (Wildman–Crippen MR) is 207 cm³/mol. The van der Waals surface area contributed by atoms with Crippen molar-refractivity contribution in [2.75, 3.05) is 0 Å². The van der Waals surface area contributed by atoms with Crippen molar-refractivity contribution in [2.24, 2.45) is 0 Å². The molecule has 0 fully saturated rings. The van der Waals surface area contributed by atoms with Crippen molar-refractivity contribution in [3.8, 4) is 34.4 Å². The fraction of sp³-hybridized carbons (Fsp3) is 0. The van der Waals surface area contributed by atoms with Gasteiger partial charge < -0.3 is 8.98 Å². The maximum absolute atomic E-state index is 6.54. The van der Waals surface area contributed by atoms with Gasteiger partial charge in [0.25, 0.3) is 0 Å². The van der Waals surface area contributed by atoms with Crippen LogP contribution in [0.15, 0.2) is 168 Å². The molecule has 0 aliphatic heterocycles. The van der Waals surface area contributed by atoms with E-state index in [1.54, 1.807) is 0 Å². The number of hydrogen-bond acceptors (Lipinski definition) is 4. The van der Waals surface area contributed by atoms with Gasteiger partial charge in [-0.15, -0.1) is 0 Å². The summed E-state index contributed by atoms with van der Waals surface area (Å²) in [6, 6.07) is 56.6. The number of hydrogen-bond donors (Lipinski definition) is 0. The Balaban J connectivity index is 1.21. The maximum atomic E-state index is 6.54. The van der Waals surface area contributed by atoms with Gasteiger partial charge in [-0.2, -0.15) is 9.97 Å². The third-order valence-corrected chi connectivity index (χ3v) is 9.98. The lowest BCUT2D eigenvalue weighted by molar-refractivity contribution is 0.669. The highest BCUT2D eigenvalue weighted by molar-refractivity contribution is 6.24. The molecular formula is C45H27N5O. The zero-order valence-corrected chi connectivity index (χ0v) is 27.2. The molecule has 0 saturated carbocycles. The molecule has 0 aliphatic carbocycles. The van der Waals surface area contributed by atoms with Crippen LogP contribution in [0.5, 0.6) is 0 Å². The molecule has 4 aromatic heterocycles. The van der Waals surface area contributed by atoms with Crippen LogP contribution < -0.4 is 0 Å². The van der Waals surface area contributed by atoms with E-state index in [0.717, 1.165) is 71.6 Å². The molecule has 0 radical (unpaired) electrons. The highest BCUT2D eigenvalue weighted by Crippen LogP contribution is 2.42. The standard InChI is InChI=1S/C45H27N5O/c1-3-13-28(14-4-1)43-46-44(48-45(47-43)50-37-21-11-7-17-31(37)32-18-8-12-22-38(32)50)29-23-25-39-35(27-29)41-40(51-39)26-24-34-33-19-9-10-20-36(33)49(42(34)41)30-15-5-2-6-16-30/h1-27H. The lowest BCUT2D eigenvalue weighted by Crippen LogP contribution is -2.06. The van der Waals surface area contributed by atoms with E-state index in [4.69, 9.17) is 19.4 Å². The zero-order chi connectivity index (χ0) is 33.5. The van der Waals surface area contributed by atoms with E-state index in [1.807, 2.05) is 36.4 Å². The van der Waals surface area contributed by atoms with E-state index in [2.05, 4.69) is 137 Å². The van der Waals surface area contributed by atoms with Gasteiger partial charge >= 0.3 is 0 Å². The molecule has 0 aliphatic rings. The lowest BCUT2D eigenvalue weighted by Gasteiger charge is -2.11. The molecule has 4 heterocycles. The van der Waals surface area contributed by atoms with Crippen molar-refractivity contribution >= 4 is 65.6 Å². The molecule has 0 spiro atoms. The topological polar surface area (TPSA) is 61.7 Å². The molecule has 11 aromatic rings. The minimum Gasteiger partial charge on any atom is -0.456 e. The Bertz CT molecular complexity index is 3080. The fourth-order valence-corrected chi connectivity index (χ4v) is 7.75. The van der Waals surface area contributed by atoms with Crippen molar-refractivity contribution < 1.29 is 4.42 Å². The summed E-state index contributed by atoms with van der Waals surface area (Å²) in [6.45, 7) is 0. The number of aromatic nitrogens is 5. The van der Waals surface area contributed by atoms with E-state index >= 15 is 0 Å². The van der Waals surface area contributed by atoms with Crippen molar-refractivity contribution in [3.63, 3.8) is 0 Å². The Kier molecular flexibility index (Phi) is 5.86. The van der Waals surface area contributed by atoms with E-state index in [-0.39, 0.29) is 0 Å². The molecule has 238 valence electrons. The fourth-order valence-electron chi connectivity index (χ4n) is 7.75. The molecule has 0 N–H and O–H groups in total. The van der Waals surface area contributed by atoms with Crippen LogP contribution >= 0.6 is 0 Å². The smallest absolute Gasteiger partial charge is 0.238 e. The number of para-hydroxylation sites is 4. The first-order chi connectivity index (χ1) is 25.3. The molecule has 0 amide bonds. The summed E-state index contributed by atoms with van der Waals surface area (Å²) in [4.78, 5) is 15.4. The average Bonchev–Trinajstić information content (AvgIpc) is 3.86. The molecule has 11 rings (SSSR count). The average molecular weight is 654 g/mol. The van der Waals surface area contributed by atoms with Crippen molar-refractivity contribution in [3.05, 3.63) is 164 Å². The number of fused-ring (bicyclic) bond motifs is 10. The van der Waals surface area contributed by atoms with Gasteiger partial charge in [-0.05, 0) is 60.7 Å². The summed E-state index contributed by atoms with van der Waals surface area (Å²) in [6.07, 6.45) is 0. The summed E-state index contributed by atoms with van der Waals surface area (Å²) >= 11 is 0. The third-order valence-electron chi connectivity index (χ3n) is 9.98. The SMILES string of the molecule is c1ccc(-c2nc(-c3ccc4oc5ccc6c7ccccc7n(-c7ccccc7)c6c5c4c3)nc(-n3c4ccccc4c4ccccc43)n2)cc1. The Hall–Kier alpha value is -7.05. The Morgan fingerprint density at radius 1 is 0.392 bits per heavy atom. The number of benzene rings is 7. The minimum absolute atomic E-state index is 0.569. The summed E-state index contributed by atoms with van der Waals surface area (Å²) in [5.41, 5.74) is 8.90. The second kappa shape index (κ2) is 10.7. The first kappa shape index (κ1) is 27.9. The highest BCUT2D eigenvalue weighted by Gasteiger charge is 2.21. The van der Waals surface area contributed by atoms with Gasteiger partial charge in [0.2, 0.25) is 5.95 Å². The second-order valence-corrected chi connectivity index (χ2v) is 12.9. The number of rotatable bonds is 4. The van der Waals surface area contributed by atoms with E-state index in [0.29, 0.717) is 17.6 Å². The molecule has 6 heteroatoms. The van der Waals surface area contributed by atoms with Crippen LogP contribution in [0.1, 0.15) is 0 Å². The van der Waals surface area contributed by atoms with Crippen molar-refractivity contribution in [2.45, 2.75) is 0 Å². The lowest BCUT2D eigenvalue weighted by atomic mass is 10.1. The normalized spacial score (nSPS) is 11.9. The van der Waals surface area contributed by atoms with E-state index < -0.39 is 0 Å². The first-order valence-corrected chi connectivity index (χ1v) is 17.0. The van der Waals surface area contributed by atoms with Crippen molar-refractivity contribution in [1.29, 1.82) is 0 Å². The van der Waals surface area contributed by atoms with Crippen LogP contribution in [0, 0.1) is 0 Å². The Morgan fingerprint density at radius 3 is 1.63 bits per heavy atom. The van der Waals surface area contributed by atoms with Gasteiger partial charge in [-0.3, -0.25) is 4.57 Å². The second-order valence-electron chi connectivity index (χ2n) is 12.9. The van der Waals surface area contributed by atoms with Crippen LogP contribution in [0.3, 0.4) is 0 Å². The third kappa shape index (κ3) is 4.14. The predicted octanol–water partition coefficient (Wildman–Crippen LogP) is 11.3. The van der Waals surface area contributed by atoms with Crippen LogP contribution in [0.2, 0.25) is 0 Å². The Labute approximate surface area is 291 Å². The van der Waals surface area contributed by atoms with Crippen LogP contribution in [0.4, 0.5) is 0 Å². The summed E-state index contributed by atoms with van der Waals surface area (Å²) in [7, 11) is 0. The quantitative estimate of drug-likeness (QED) is 0.190. The molecule has 7 aromatic carbocycles. The Morgan fingerprint density at radius 2 is 0.941 bits per heavy atom. The monoisotopic (exact) mass is 653 g/mol. The van der Waals surface area contributed by atoms with Gasteiger partial charge in [-0.1, -0.05) is 103 Å². The van der Waals surface area contributed by atoms with E-state index in [9.17, 15) is 0 Å². The molecular weight excluding hydrogens is 627 g/mol. The summed E-state index contributed by atoms with van der Waals surface area (Å²) in [5.74, 6) is 1.77.